The molecule has 1 aromatic heterocycles. The summed E-state index contributed by atoms with van der Waals surface area (Å²) < 4.78 is 6.03. The van der Waals surface area contributed by atoms with Crippen LogP contribution in [0.3, 0.4) is 0 Å². The number of hydrogen-bond acceptors (Lipinski definition) is 3. The molecule has 3 aromatic rings. The molecule has 5 heteroatoms. The van der Waals surface area contributed by atoms with Gasteiger partial charge in [0.1, 0.15) is 18.2 Å². The number of aromatic nitrogens is 2. The molecule has 2 aromatic carbocycles. The number of nitrogens with one attached hydrogen (secondary N) is 1. The fraction of sp³-hybridized carbons (Fsp3) is 0.211. The molecule has 0 unspecified atom stereocenters. The lowest BCUT2D eigenvalue weighted by atomic mass is 10.0. The number of rotatable bonds is 6. The summed E-state index contributed by atoms with van der Waals surface area (Å²) in [4.78, 5) is 0. The van der Waals surface area contributed by atoms with E-state index < -0.39 is 0 Å². The molecule has 3 rings (SSSR count). The minimum Gasteiger partial charge on any atom is -0.488 e. The highest BCUT2D eigenvalue weighted by atomic mass is 35.5. The van der Waals surface area contributed by atoms with Crippen molar-refractivity contribution in [3.63, 3.8) is 0 Å². The van der Waals surface area contributed by atoms with Gasteiger partial charge < -0.3 is 10.5 Å². The van der Waals surface area contributed by atoms with E-state index in [-0.39, 0.29) is 12.4 Å². The van der Waals surface area contributed by atoms with Gasteiger partial charge in [-0.1, -0.05) is 49.7 Å². The Morgan fingerprint density at radius 1 is 1.04 bits per heavy atom. The molecule has 0 aliphatic rings. The number of benzene rings is 2. The molecule has 3 N–H and O–H groups in total. The van der Waals surface area contributed by atoms with Crippen LogP contribution in [0.1, 0.15) is 24.5 Å². The number of nitrogen functional groups attached to an aromatic ring is 1. The van der Waals surface area contributed by atoms with Crippen molar-refractivity contribution in [1.29, 1.82) is 0 Å². The van der Waals surface area contributed by atoms with Crippen molar-refractivity contribution in [3.8, 4) is 17.0 Å². The first-order chi connectivity index (χ1) is 11.3. The zero-order chi connectivity index (χ0) is 16.1. The molecule has 0 saturated carbocycles. The van der Waals surface area contributed by atoms with Gasteiger partial charge >= 0.3 is 0 Å². The third-order valence-electron chi connectivity index (χ3n) is 3.71. The van der Waals surface area contributed by atoms with Crippen LogP contribution >= 0.6 is 12.4 Å². The summed E-state index contributed by atoms with van der Waals surface area (Å²) in [6, 6.07) is 18.3. The third kappa shape index (κ3) is 4.30. The Balaban J connectivity index is 0.00000208. The summed E-state index contributed by atoms with van der Waals surface area (Å²) in [6.07, 6.45) is 2.14. The summed E-state index contributed by atoms with van der Waals surface area (Å²) in [7, 11) is 0. The molecule has 0 aliphatic carbocycles. The minimum atomic E-state index is 0. The quantitative estimate of drug-likeness (QED) is 0.686. The summed E-state index contributed by atoms with van der Waals surface area (Å²) >= 11 is 0. The summed E-state index contributed by atoms with van der Waals surface area (Å²) in [6.45, 7) is 2.71. The van der Waals surface area contributed by atoms with Gasteiger partial charge in [0.2, 0.25) is 0 Å². The Hall–Kier alpha value is -2.46. The van der Waals surface area contributed by atoms with Crippen LogP contribution in [0.15, 0.2) is 54.6 Å². The lowest BCUT2D eigenvalue weighted by Gasteiger charge is -2.12. The SMILES string of the molecule is CCCc1ccc(OCc2ccccc2)c(-c2cc(N)n[nH]2)c1.Cl. The van der Waals surface area contributed by atoms with Crippen molar-refractivity contribution < 1.29 is 4.74 Å². The number of halogens is 1. The maximum atomic E-state index is 6.03. The maximum Gasteiger partial charge on any atom is 0.145 e. The molecule has 24 heavy (non-hydrogen) atoms. The summed E-state index contributed by atoms with van der Waals surface area (Å²) in [5.41, 5.74) is 10.0. The molecule has 0 saturated heterocycles. The van der Waals surface area contributed by atoms with Gasteiger partial charge in [-0.3, -0.25) is 5.10 Å². The standard InChI is InChI=1S/C19H21N3O.ClH/c1-2-6-14-9-10-18(23-13-15-7-4-3-5-8-15)16(11-14)17-12-19(20)22-21-17;/h3-5,7-12H,2,6,13H2,1H3,(H3,20,21,22);1H. The number of hydrogen-bond donors (Lipinski definition) is 2. The second kappa shape index (κ2) is 8.41. The van der Waals surface area contributed by atoms with Crippen LogP contribution in [0.25, 0.3) is 11.3 Å². The fourth-order valence-electron chi connectivity index (χ4n) is 2.57. The molecule has 0 fully saturated rings. The first kappa shape index (κ1) is 17.9. The van der Waals surface area contributed by atoms with Crippen LogP contribution in [-0.2, 0) is 13.0 Å². The van der Waals surface area contributed by atoms with E-state index in [4.69, 9.17) is 10.5 Å². The molecule has 126 valence electrons. The minimum absolute atomic E-state index is 0. The van der Waals surface area contributed by atoms with Crippen LogP contribution in [0.2, 0.25) is 0 Å². The average molecular weight is 344 g/mol. The van der Waals surface area contributed by atoms with E-state index in [1.165, 1.54) is 5.56 Å². The number of ether oxygens (including phenoxy) is 1. The number of H-pyrrole nitrogens is 1. The Labute approximate surface area is 148 Å². The largest absolute Gasteiger partial charge is 0.488 e. The van der Waals surface area contributed by atoms with Crippen molar-refractivity contribution in [1.82, 2.24) is 10.2 Å². The predicted molar refractivity (Wildman–Crippen MR) is 100 cm³/mol. The maximum absolute atomic E-state index is 6.03. The van der Waals surface area contributed by atoms with E-state index in [0.29, 0.717) is 12.4 Å². The molecule has 0 aliphatic heterocycles. The third-order valence-corrected chi connectivity index (χ3v) is 3.71. The van der Waals surface area contributed by atoms with Crippen molar-refractivity contribution in [2.45, 2.75) is 26.4 Å². The second-order valence-electron chi connectivity index (χ2n) is 5.56. The summed E-state index contributed by atoms with van der Waals surface area (Å²) in [5, 5.41) is 7.00. The number of nitrogens with zero attached hydrogens (tertiary/aromatic N) is 1. The Kier molecular flexibility index (Phi) is 6.27. The molecular formula is C19H22ClN3O. The number of nitrogens with two attached hydrogens (primary N) is 1. The molecule has 4 nitrogen and oxygen atoms in total. The molecule has 0 atom stereocenters. The Bertz CT molecular complexity index is 771. The highest BCUT2D eigenvalue weighted by molar-refractivity contribution is 5.85. The molecule has 0 radical (unpaired) electrons. The molecule has 0 spiro atoms. The average Bonchev–Trinajstić information content (AvgIpc) is 3.01. The van der Waals surface area contributed by atoms with E-state index >= 15 is 0 Å². The first-order valence-corrected chi connectivity index (χ1v) is 7.87. The molecular weight excluding hydrogens is 322 g/mol. The van der Waals surface area contributed by atoms with Gasteiger partial charge in [0.15, 0.2) is 0 Å². The molecule has 0 bridgehead atoms. The van der Waals surface area contributed by atoms with Crippen LogP contribution in [0.4, 0.5) is 5.82 Å². The first-order valence-electron chi connectivity index (χ1n) is 7.87. The lowest BCUT2D eigenvalue weighted by Crippen LogP contribution is -1.98. The van der Waals surface area contributed by atoms with E-state index in [1.54, 1.807) is 0 Å². The van der Waals surface area contributed by atoms with Crippen molar-refractivity contribution in [2.75, 3.05) is 5.73 Å². The van der Waals surface area contributed by atoms with Gasteiger partial charge in [-0.15, -0.1) is 12.4 Å². The molecule has 0 amide bonds. The van der Waals surface area contributed by atoms with E-state index in [9.17, 15) is 0 Å². The Morgan fingerprint density at radius 2 is 1.83 bits per heavy atom. The normalized spacial score (nSPS) is 10.2. The van der Waals surface area contributed by atoms with E-state index in [0.717, 1.165) is 35.4 Å². The zero-order valence-electron chi connectivity index (χ0n) is 13.7. The van der Waals surface area contributed by atoms with Crippen LogP contribution in [0, 0.1) is 0 Å². The highest BCUT2D eigenvalue weighted by Crippen LogP contribution is 2.31. The predicted octanol–water partition coefficient (Wildman–Crippen LogP) is 4.61. The van der Waals surface area contributed by atoms with E-state index in [2.05, 4.69) is 41.4 Å². The Morgan fingerprint density at radius 3 is 2.50 bits per heavy atom. The fourth-order valence-corrected chi connectivity index (χ4v) is 2.57. The highest BCUT2D eigenvalue weighted by Gasteiger charge is 2.10. The van der Waals surface area contributed by atoms with Gasteiger partial charge in [0.05, 0.1) is 5.69 Å². The number of aryl methyl sites for hydroxylation is 1. The van der Waals surface area contributed by atoms with Crippen molar-refractivity contribution >= 4 is 18.2 Å². The van der Waals surface area contributed by atoms with Crippen LogP contribution < -0.4 is 10.5 Å². The second-order valence-corrected chi connectivity index (χ2v) is 5.56. The number of anilines is 1. The van der Waals surface area contributed by atoms with E-state index in [1.807, 2.05) is 30.3 Å². The zero-order valence-corrected chi connectivity index (χ0v) is 14.5. The van der Waals surface area contributed by atoms with Crippen LogP contribution in [-0.4, -0.2) is 10.2 Å². The van der Waals surface area contributed by atoms with Crippen molar-refractivity contribution in [2.24, 2.45) is 0 Å². The van der Waals surface area contributed by atoms with Gasteiger partial charge in [0.25, 0.3) is 0 Å². The van der Waals surface area contributed by atoms with Gasteiger partial charge in [-0.2, -0.15) is 5.10 Å². The smallest absolute Gasteiger partial charge is 0.145 e. The van der Waals surface area contributed by atoms with Gasteiger partial charge in [-0.25, -0.2) is 0 Å². The lowest BCUT2D eigenvalue weighted by molar-refractivity contribution is 0.307. The molecule has 1 heterocycles. The topological polar surface area (TPSA) is 63.9 Å². The monoisotopic (exact) mass is 343 g/mol. The van der Waals surface area contributed by atoms with Gasteiger partial charge in [0, 0.05) is 11.6 Å². The summed E-state index contributed by atoms with van der Waals surface area (Å²) in [5.74, 6) is 1.31. The number of aromatic amines is 1. The van der Waals surface area contributed by atoms with Crippen LogP contribution in [0.5, 0.6) is 5.75 Å². The van der Waals surface area contributed by atoms with Crippen molar-refractivity contribution in [3.05, 3.63) is 65.7 Å². The van der Waals surface area contributed by atoms with Gasteiger partial charge in [-0.05, 0) is 29.7 Å².